The van der Waals surface area contributed by atoms with E-state index in [4.69, 9.17) is 0 Å². The average molecular weight is 347 g/mol. The van der Waals surface area contributed by atoms with E-state index < -0.39 is 0 Å². The predicted molar refractivity (Wildman–Crippen MR) is 96.3 cm³/mol. The lowest BCUT2D eigenvalue weighted by Gasteiger charge is -2.31. The van der Waals surface area contributed by atoms with Crippen molar-refractivity contribution >= 4 is 17.2 Å². The molecule has 1 fully saturated rings. The van der Waals surface area contributed by atoms with E-state index in [1.54, 1.807) is 4.57 Å². The molecule has 6 heteroatoms. The molecule has 3 heterocycles. The lowest BCUT2D eigenvalue weighted by atomic mass is 10.1. The van der Waals surface area contributed by atoms with Crippen LogP contribution in [0, 0.1) is 6.92 Å². The normalized spacial score (nSPS) is 18.6. The number of hydrogen-bond donors (Lipinski definition) is 0. The third-order valence-electron chi connectivity index (χ3n) is 4.92. The maximum absolute atomic E-state index is 12.9. The Hall–Kier alpha value is -1.82. The van der Waals surface area contributed by atoms with Gasteiger partial charge < -0.3 is 14.0 Å². The van der Waals surface area contributed by atoms with Crippen LogP contribution in [0.3, 0.4) is 0 Å². The number of rotatable bonds is 4. The van der Waals surface area contributed by atoms with Crippen LogP contribution in [0.15, 0.2) is 28.5 Å². The summed E-state index contributed by atoms with van der Waals surface area (Å²) in [5.41, 5.74) is 2.14. The fourth-order valence-electron chi connectivity index (χ4n) is 3.56. The lowest BCUT2D eigenvalue weighted by molar-refractivity contribution is -0.134. The molecule has 0 N–H and O–H groups in total. The summed E-state index contributed by atoms with van der Waals surface area (Å²) in [4.78, 5) is 26.8. The van der Waals surface area contributed by atoms with Crippen molar-refractivity contribution in [3.63, 3.8) is 0 Å². The zero-order valence-electron chi connectivity index (χ0n) is 14.4. The minimum atomic E-state index is 0.0233. The molecule has 24 heavy (non-hydrogen) atoms. The Morgan fingerprint density at radius 1 is 1.33 bits per heavy atom. The maximum Gasteiger partial charge on any atom is 0.307 e. The molecule has 0 bridgehead atoms. The van der Waals surface area contributed by atoms with E-state index in [2.05, 4.69) is 10.6 Å². The number of carbonyl (C=O) groups is 1. The molecule has 2 aromatic heterocycles. The van der Waals surface area contributed by atoms with E-state index in [1.165, 1.54) is 23.5 Å². The number of carbonyl (C=O) groups excluding carboxylic acids is 1. The van der Waals surface area contributed by atoms with Crippen molar-refractivity contribution in [1.82, 2.24) is 14.0 Å². The summed E-state index contributed by atoms with van der Waals surface area (Å²) < 4.78 is 3.82. The van der Waals surface area contributed by atoms with Gasteiger partial charge in [0.15, 0.2) is 0 Å². The second kappa shape index (κ2) is 7.38. The molecule has 0 aromatic carbocycles. The number of hydrogen-bond acceptors (Lipinski definition) is 3. The van der Waals surface area contributed by atoms with Crippen molar-refractivity contribution in [2.75, 3.05) is 6.54 Å². The van der Waals surface area contributed by atoms with Crippen LogP contribution in [0.25, 0.3) is 0 Å². The van der Waals surface area contributed by atoms with Gasteiger partial charge in [0.1, 0.15) is 0 Å². The van der Waals surface area contributed by atoms with Gasteiger partial charge in [-0.3, -0.25) is 9.59 Å². The first kappa shape index (κ1) is 17.0. The van der Waals surface area contributed by atoms with Crippen molar-refractivity contribution < 1.29 is 4.79 Å². The summed E-state index contributed by atoms with van der Waals surface area (Å²) in [7, 11) is 2.04. The first-order valence-electron chi connectivity index (χ1n) is 8.63. The Labute approximate surface area is 146 Å². The van der Waals surface area contributed by atoms with Gasteiger partial charge in [-0.2, -0.15) is 0 Å². The number of aryl methyl sites for hydroxylation is 2. The van der Waals surface area contributed by atoms with Crippen LogP contribution < -0.4 is 4.87 Å². The molecule has 5 nitrogen and oxygen atoms in total. The van der Waals surface area contributed by atoms with Crippen LogP contribution in [0.2, 0.25) is 0 Å². The van der Waals surface area contributed by atoms with Crippen molar-refractivity contribution in [1.29, 1.82) is 0 Å². The molecular formula is C18H25N3O2S. The first-order chi connectivity index (χ1) is 11.6. The summed E-state index contributed by atoms with van der Waals surface area (Å²) in [5, 5.41) is 1.85. The third kappa shape index (κ3) is 3.48. The minimum Gasteiger partial charge on any atom is -0.353 e. The van der Waals surface area contributed by atoms with Crippen molar-refractivity contribution in [3.8, 4) is 0 Å². The smallest absolute Gasteiger partial charge is 0.307 e. The van der Waals surface area contributed by atoms with Crippen LogP contribution in [-0.2, 0) is 18.4 Å². The summed E-state index contributed by atoms with van der Waals surface area (Å²) in [6, 6.07) is 4.31. The summed E-state index contributed by atoms with van der Waals surface area (Å²) in [6.45, 7) is 3.20. The number of likely N-dealkylation sites (tertiary alicyclic amines) is 1. The highest BCUT2D eigenvalue weighted by atomic mass is 32.1. The first-order valence-corrected chi connectivity index (χ1v) is 9.51. The van der Waals surface area contributed by atoms with Crippen LogP contribution in [0.5, 0.6) is 0 Å². The standard InChI is InChI=1S/C18H25N3O2S/c1-14-13-24-18(23)20(14)12-9-17(22)21-11-5-3-4-7-16(21)15-8-6-10-19(15)2/h6,8,10,13,16H,3-5,7,9,11-12H2,1-2H3/t16-/m0/s1. The van der Waals surface area contributed by atoms with E-state index in [-0.39, 0.29) is 16.8 Å². The monoisotopic (exact) mass is 347 g/mol. The van der Waals surface area contributed by atoms with Gasteiger partial charge in [-0.15, -0.1) is 0 Å². The molecule has 0 saturated carbocycles. The fourth-order valence-corrected chi connectivity index (χ4v) is 4.32. The highest BCUT2D eigenvalue weighted by Gasteiger charge is 2.28. The second-order valence-electron chi connectivity index (χ2n) is 6.54. The molecule has 0 spiro atoms. The molecule has 1 aliphatic rings. The minimum absolute atomic E-state index is 0.0233. The number of nitrogens with zero attached hydrogens (tertiary/aromatic N) is 3. The maximum atomic E-state index is 12.9. The summed E-state index contributed by atoms with van der Waals surface area (Å²) in [5.74, 6) is 0.153. The molecule has 1 saturated heterocycles. The van der Waals surface area contributed by atoms with E-state index >= 15 is 0 Å². The summed E-state index contributed by atoms with van der Waals surface area (Å²) >= 11 is 1.20. The largest absolute Gasteiger partial charge is 0.353 e. The number of thiazole rings is 1. The molecule has 1 aliphatic heterocycles. The Morgan fingerprint density at radius 2 is 2.17 bits per heavy atom. The van der Waals surface area contributed by atoms with E-state index in [9.17, 15) is 9.59 Å². The molecular weight excluding hydrogens is 322 g/mol. The quantitative estimate of drug-likeness (QED) is 0.853. The molecule has 0 unspecified atom stereocenters. The van der Waals surface area contributed by atoms with E-state index in [0.717, 1.165) is 31.5 Å². The molecule has 2 aromatic rings. The van der Waals surface area contributed by atoms with Gasteiger partial charge in [-0.25, -0.2) is 0 Å². The molecule has 130 valence electrons. The molecule has 1 amide bonds. The Morgan fingerprint density at radius 3 is 2.83 bits per heavy atom. The predicted octanol–water partition coefficient (Wildman–Crippen LogP) is 3.09. The van der Waals surface area contributed by atoms with Crippen LogP contribution >= 0.6 is 11.3 Å². The second-order valence-corrected chi connectivity index (χ2v) is 7.36. The fraction of sp³-hybridized carbons (Fsp3) is 0.556. The van der Waals surface area contributed by atoms with Gasteiger partial charge in [-0.1, -0.05) is 24.2 Å². The Kier molecular flexibility index (Phi) is 5.23. The van der Waals surface area contributed by atoms with Gasteiger partial charge in [0.2, 0.25) is 5.91 Å². The number of aromatic nitrogens is 2. The topological polar surface area (TPSA) is 47.2 Å². The van der Waals surface area contributed by atoms with Crippen LogP contribution in [-0.4, -0.2) is 26.5 Å². The molecule has 1 atom stereocenters. The van der Waals surface area contributed by atoms with Gasteiger partial charge in [0.25, 0.3) is 0 Å². The van der Waals surface area contributed by atoms with E-state index in [1.807, 2.05) is 36.5 Å². The highest BCUT2D eigenvalue weighted by molar-refractivity contribution is 7.07. The van der Waals surface area contributed by atoms with Gasteiger partial charge in [0, 0.05) is 49.5 Å². The third-order valence-corrected chi connectivity index (χ3v) is 5.81. The Balaban J connectivity index is 1.75. The summed E-state index contributed by atoms with van der Waals surface area (Å²) in [6.07, 6.45) is 6.83. The van der Waals surface area contributed by atoms with Crippen molar-refractivity contribution in [2.24, 2.45) is 7.05 Å². The molecule has 0 radical (unpaired) electrons. The van der Waals surface area contributed by atoms with E-state index in [0.29, 0.717) is 13.0 Å². The molecule has 3 rings (SSSR count). The average Bonchev–Trinajstić information content (AvgIpc) is 3.02. The Bertz CT molecular complexity index is 758. The number of amides is 1. The zero-order valence-corrected chi connectivity index (χ0v) is 15.2. The SMILES string of the molecule is Cc1csc(=O)n1CCC(=O)N1CCCCC[C@H]1c1cccn1C. The lowest BCUT2D eigenvalue weighted by Crippen LogP contribution is -2.36. The van der Waals surface area contributed by atoms with Gasteiger partial charge >= 0.3 is 4.87 Å². The van der Waals surface area contributed by atoms with Crippen molar-refractivity contribution in [3.05, 3.63) is 44.8 Å². The van der Waals surface area contributed by atoms with Crippen LogP contribution in [0.4, 0.5) is 0 Å². The zero-order chi connectivity index (χ0) is 17.1. The highest BCUT2D eigenvalue weighted by Crippen LogP contribution is 2.30. The molecule has 0 aliphatic carbocycles. The van der Waals surface area contributed by atoms with Crippen LogP contribution in [0.1, 0.15) is 49.5 Å². The van der Waals surface area contributed by atoms with Gasteiger partial charge in [0.05, 0.1) is 6.04 Å². The van der Waals surface area contributed by atoms with Crippen molar-refractivity contribution in [2.45, 2.75) is 51.6 Å². The van der Waals surface area contributed by atoms with Gasteiger partial charge in [-0.05, 0) is 31.9 Å².